The normalized spacial score (nSPS) is 16.4. The Morgan fingerprint density at radius 1 is 0.969 bits per heavy atom. The molecular weight excluding hydrogens is 424 g/mol. The van der Waals surface area contributed by atoms with E-state index in [0.717, 1.165) is 33.4 Å². The van der Waals surface area contributed by atoms with Gasteiger partial charge in [-0.3, -0.25) is 15.0 Å². The first kappa shape index (κ1) is 18.5. The van der Waals surface area contributed by atoms with Crippen LogP contribution < -0.4 is 4.90 Å². The van der Waals surface area contributed by atoms with Crippen LogP contribution in [0.25, 0.3) is 11.3 Å². The summed E-state index contributed by atoms with van der Waals surface area (Å²) in [4.78, 5) is 24.2. The van der Waals surface area contributed by atoms with Crippen molar-refractivity contribution in [2.45, 2.75) is 6.17 Å². The minimum atomic E-state index is -0.477. The van der Waals surface area contributed by atoms with Crippen LogP contribution in [-0.4, -0.2) is 35.8 Å². The Labute approximate surface area is 186 Å². The number of aromatic amines is 2. The summed E-state index contributed by atoms with van der Waals surface area (Å²) in [5, 5.41) is 9.93. The molecule has 32 heavy (non-hydrogen) atoms. The average molecular weight is 440 g/mol. The Hall–Kier alpha value is -4.31. The van der Waals surface area contributed by atoms with E-state index in [1.165, 1.54) is 11.3 Å². The van der Waals surface area contributed by atoms with Crippen molar-refractivity contribution in [2.24, 2.45) is 4.99 Å². The number of hydrogen-bond donors (Lipinski definition) is 2. The van der Waals surface area contributed by atoms with Crippen LogP contribution in [-0.2, 0) is 0 Å². The number of nitrogens with one attached hydrogen (secondary N) is 2. The van der Waals surface area contributed by atoms with Gasteiger partial charge in [0.1, 0.15) is 16.4 Å². The van der Waals surface area contributed by atoms with Gasteiger partial charge in [0.2, 0.25) is 5.88 Å². The maximum absolute atomic E-state index is 5.85. The predicted molar refractivity (Wildman–Crippen MR) is 121 cm³/mol. The molecule has 1 aliphatic rings. The number of anilines is 1. The summed E-state index contributed by atoms with van der Waals surface area (Å²) in [6.07, 6.45) is 9.92. The monoisotopic (exact) mass is 440 g/mol. The number of imidazole rings is 1. The van der Waals surface area contributed by atoms with Crippen molar-refractivity contribution < 1.29 is 4.42 Å². The Kier molecular flexibility index (Phi) is 4.47. The summed E-state index contributed by atoms with van der Waals surface area (Å²) in [7, 11) is 0. The van der Waals surface area contributed by atoms with Crippen molar-refractivity contribution in [3.8, 4) is 0 Å². The van der Waals surface area contributed by atoms with Crippen LogP contribution in [0.5, 0.6) is 0 Å². The lowest BCUT2D eigenvalue weighted by Gasteiger charge is -2.35. The van der Waals surface area contributed by atoms with Crippen LogP contribution in [0.2, 0.25) is 0 Å². The van der Waals surface area contributed by atoms with Crippen molar-refractivity contribution in [3.05, 3.63) is 101 Å². The fourth-order valence-electron chi connectivity index (χ4n) is 3.74. The van der Waals surface area contributed by atoms with Gasteiger partial charge in [-0.25, -0.2) is 15.0 Å². The van der Waals surface area contributed by atoms with Crippen LogP contribution in [0.4, 0.5) is 5.88 Å². The van der Waals surface area contributed by atoms with Crippen LogP contribution in [0.15, 0.2) is 88.4 Å². The summed E-state index contributed by atoms with van der Waals surface area (Å²) in [6, 6.07) is 11.4. The summed E-state index contributed by atoms with van der Waals surface area (Å²) >= 11 is 1.52. The highest BCUT2D eigenvalue weighted by Crippen LogP contribution is 2.43. The fourth-order valence-corrected chi connectivity index (χ4v) is 4.38. The molecule has 5 aromatic rings. The maximum Gasteiger partial charge on any atom is 0.201 e. The number of H-pyrrole nitrogens is 2. The average Bonchev–Trinajstić information content (AvgIpc) is 3.67. The second-order valence-corrected chi connectivity index (χ2v) is 7.79. The molecule has 0 amide bonds. The molecule has 0 aromatic carbocycles. The largest absolute Gasteiger partial charge is 0.448 e. The molecule has 9 nitrogen and oxygen atoms in total. The zero-order valence-corrected chi connectivity index (χ0v) is 17.4. The number of thiazole rings is 1. The van der Waals surface area contributed by atoms with E-state index in [0.29, 0.717) is 11.7 Å². The van der Waals surface area contributed by atoms with Crippen molar-refractivity contribution in [2.75, 3.05) is 4.90 Å². The minimum absolute atomic E-state index is 0.477. The van der Waals surface area contributed by atoms with Gasteiger partial charge in [0.05, 0.1) is 23.2 Å². The SMILES string of the molecule is c1ccc(C2=C(c3ncc[nH]3)N(c3ccco3)C(c3ccn[nH]3)N=C2c2nccs2)nc1. The van der Waals surface area contributed by atoms with Gasteiger partial charge < -0.3 is 9.40 Å². The molecule has 6 rings (SSSR count). The van der Waals surface area contributed by atoms with E-state index in [-0.39, 0.29) is 0 Å². The van der Waals surface area contributed by atoms with Crippen molar-refractivity contribution >= 4 is 34.2 Å². The van der Waals surface area contributed by atoms with E-state index in [1.54, 1.807) is 37.2 Å². The summed E-state index contributed by atoms with van der Waals surface area (Å²) in [5.41, 5.74) is 3.88. The van der Waals surface area contributed by atoms with Crippen molar-refractivity contribution in [3.63, 3.8) is 0 Å². The zero-order valence-electron chi connectivity index (χ0n) is 16.6. The third-order valence-corrected chi connectivity index (χ3v) is 5.81. The molecule has 0 fully saturated rings. The zero-order chi connectivity index (χ0) is 21.3. The Bertz CT molecular complexity index is 1360. The molecule has 0 radical (unpaired) electrons. The topological polar surface area (TPSA) is 112 Å². The predicted octanol–water partition coefficient (Wildman–Crippen LogP) is 4.15. The van der Waals surface area contributed by atoms with Gasteiger partial charge in [0, 0.05) is 42.4 Å². The van der Waals surface area contributed by atoms with Crippen LogP contribution in [0.1, 0.15) is 28.4 Å². The van der Waals surface area contributed by atoms with Gasteiger partial charge in [-0.15, -0.1) is 11.3 Å². The first-order chi connectivity index (χ1) is 15.9. The molecule has 5 aromatic heterocycles. The van der Waals surface area contributed by atoms with Crippen LogP contribution in [0.3, 0.4) is 0 Å². The lowest BCUT2D eigenvalue weighted by molar-refractivity contribution is 0.539. The molecule has 10 heteroatoms. The Morgan fingerprint density at radius 2 is 1.97 bits per heavy atom. The molecule has 0 aliphatic carbocycles. The quantitative estimate of drug-likeness (QED) is 0.425. The number of aliphatic imine (C=N–C) groups is 1. The van der Waals surface area contributed by atoms with Gasteiger partial charge in [-0.2, -0.15) is 5.10 Å². The van der Waals surface area contributed by atoms with Gasteiger partial charge in [-0.1, -0.05) is 6.07 Å². The van der Waals surface area contributed by atoms with Gasteiger partial charge in [0.15, 0.2) is 12.0 Å². The minimum Gasteiger partial charge on any atom is -0.448 e. The molecule has 0 saturated heterocycles. The van der Waals surface area contributed by atoms with Crippen molar-refractivity contribution in [1.29, 1.82) is 0 Å². The Morgan fingerprint density at radius 3 is 2.66 bits per heavy atom. The van der Waals surface area contributed by atoms with Gasteiger partial charge >= 0.3 is 0 Å². The molecule has 156 valence electrons. The third kappa shape index (κ3) is 3.05. The summed E-state index contributed by atoms with van der Waals surface area (Å²) < 4.78 is 5.85. The molecule has 0 saturated carbocycles. The van der Waals surface area contributed by atoms with Crippen molar-refractivity contribution in [1.82, 2.24) is 30.1 Å². The standard InChI is InChI=1S/C22H16N8OS/c1-2-7-23-14(4-1)17-18(22-26-11-13-32-22)28-21(15-6-8-27-29-15)30(16-5-3-12-31-16)19(17)20-24-9-10-25-20/h1-13,21H,(H,24,25)(H,27,29). The smallest absolute Gasteiger partial charge is 0.201 e. The Balaban J connectivity index is 1.70. The molecule has 2 N–H and O–H groups in total. The first-order valence-electron chi connectivity index (χ1n) is 9.85. The summed E-state index contributed by atoms with van der Waals surface area (Å²) in [5.74, 6) is 1.28. The van der Waals surface area contributed by atoms with Gasteiger partial charge in [0.25, 0.3) is 0 Å². The number of allylic oxidation sites excluding steroid dienone is 1. The van der Waals surface area contributed by atoms with Crippen LogP contribution in [0, 0.1) is 0 Å². The van der Waals surface area contributed by atoms with E-state index in [4.69, 9.17) is 9.41 Å². The molecule has 1 atom stereocenters. The maximum atomic E-state index is 5.85. The van der Waals surface area contributed by atoms with E-state index < -0.39 is 6.17 Å². The molecule has 1 unspecified atom stereocenters. The fraction of sp³-hybridized carbons (Fsp3) is 0.0455. The molecular formula is C22H16N8OS. The molecule has 1 aliphatic heterocycles. The highest BCUT2D eigenvalue weighted by atomic mass is 32.1. The van der Waals surface area contributed by atoms with E-state index in [9.17, 15) is 0 Å². The van der Waals surface area contributed by atoms with E-state index in [2.05, 4.69) is 30.1 Å². The lowest BCUT2D eigenvalue weighted by Crippen LogP contribution is -2.33. The second kappa shape index (κ2) is 7.75. The van der Waals surface area contributed by atoms with Gasteiger partial charge in [-0.05, 0) is 24.3 Å². The van der Waals surface area contributed by atoms with E-state index >= 15 is 0 Å². The highest BCUT2D eigenvalue weighted by Gasteiger charge is 2.38. The number of aromatic nitrogens is 6. The molecule has 6 heterocycles. The molecule has 0 bridgehead atoms. The van der Waals surface area contributed by atoms with E-state index in [1.807, 2.05) is 46.7 Å². The van der Waals surface area contributed by atoms with Crippen LogP contribution >= 0.6 is 11.3 Å². The molecule has 0 spiro atoms. The summed E-state index contributed by atoms with van der Waals surface area (Å²) in [6.45, 7) is 0. The number of furan rings is 1. The number of hydrogen-bond acceptors (Lipinski definition) is 8. The third-order valence-electron chi connectivity index (χ3n) is 5.03. The number of pyridine rings is 1. The first-order valence-corrected chi connectivity index (χ1v) is 10.7. The lowest BCUT2D eigenvalue weighted by atomic mass is 9.98. The number of rotatable bonds is 5. The second-order valence-electron chi connectivity index (χ2n) is 6.90. The number of nitrogens with zero attached hydrogens (tertiary/aromatic N) is 6. The highest BCUT2D eigenvalue weighted by molar-refractivity contribution is 7.12.